The summed E-state index contributed by atoms with van der Waals surface area (Å²) in [5, 5.41) is 6.00. The van der Waals surface area contributed by atoms with E-state index in [1.807, 2.05) is 24.3 Å². The summed E-state index contributed by atoms with van der Waals surface area (Å²) in [6.45, 7) is 0. The third-order valence-electron chi connectivity index (χ3n) is 3.14. The molecule has 1 aromatic heterocycles. The van der Waals surface area contributed by atoms with Crippen LogP contribution in [0.15, 0.2) is 42.5 Å². The normalized spacial score (nSPS) is 10.3. The standard InChI is InChI=1S/C16H15N3O3S/c1-21-11-5-3-4-10(8-11)17-15(20)19-16-18-13-7-6-12(22-2)9-14(13)23-16/h3-9H,1-2H3,(H2,17,18,19,20). The van der Waals surface area contributed by atoms with E-state index < -0.39 is 0 Å². The van der Waals surface area contributed by atoms with E-state index in [1.165, 1.54) is 11.3 Å². The second-order valence-electron chi connectivity index (χ2n) is 4.66. The Morgan fingerprint density at radius 1 is 1.04 bits per heavy atom. The predicted molar refractivity (Wildman–Crippen MR) is 91.8 cm³/mol. The van der Waals surface area contributed by atoms with Gasteiger partial charge in [-0.1, -0.05) is 17.4 Å². The summed E-state index contributed by atoms with van der Waals surface area (Å²) >= 11 is 1.39. The summed E-state index contributed by atoms with van der Waals surface area (Å²) in [4.78, 5) is 16.4. The summed E-state index contributed by atoms with van der Waals surface area (Å²) in [6, 6.07) is 12.4. The van der Waals surface area contributed by atoms with Gasteiger partial charge in [0.15, 0.2) is 5.13 Å². The summed E-state index contributed by atoms with van der Waals surface area (Å²) in [5.74, 6) is 1.43. The summed E-state index contributed by atoms with van der Waals surface area (Å²) < 4.78 is 11.2. The van der Waals surface area contributed by atoms with Crippen molar-refractivity contribution in [3.05, 3.63) is 42.5 Å². The Morgan fingerprint density at radius 2 is 1.83 bits per heavy atom. The molecule has 0 saturated carbocycles. The van der Waals surface area contributed by atoms with Crippen LogP contribution in [0, 0.1) is 0 Å². The number of fused-ring (bicyclic) bond motifs is 1. The van der Waals surface area contributed by atoms with E-state index in [-0.39, 0.29) is 6.03 Å². The summed E-state index contributed by atoms with van der Waals surface area (Å²) in [5.41, 5.74) is 1.46. The molecule has 118 valence electrons. The number of anilines is 2. The molecule has 7 heteroatoms. The van der Waals surface area contributed by atoms with E-state index in [0.29, 0.717) is 16.6 Å². The van der Waals surface area contributed by atoms with E-state index in [0.717, 1.165) is 16.0 Å². The molecule has 0 unspecified atom stereocenters. The number of ether oxygens (including phenoxy) is 2. The van der Waals surface area contributed by atoms with Crippen molar-refractivity contribution in [3.8, 4) is 11.5 Å². The third-order valence-corrected chi connectivity index (χ3v) is 4.08. The minimum Gasteiger partial charge on any atom is -0.497 e. The number of hydrogen-bond acceptors (Lipinski definition) is 5. The molecule has 2 N–H and O–H groups in total. The van der Waals surface area contributed by atoms with Gasteiger partial charge in [0.25, 0.3) is 0 Å². The van der Waals surface area contributed by atoms with Crippen LogP contribution in [0.1, 0.15) is 0 Å². The van der Waals surface area contributed by atoms with Crippen molar-refractivity contribution < 1.29 is 14.3 Å². The van der Waals surface area contributed by atoms with Crippen molar-refractivity contribution in [1.29, 1.82) is 0 Å². The lowest BCUT2D eigenvalue weighted by Crippen LogP contribution is -2.19. The SMILES string of the molecule is COc1cccc(NC(=O)Nc2nc3ccc(OC)cc3s2)c1. The van der Waals surface area contributed by atoms with Crippen molar-refractivity contribution in [1.82, 2.24) is 4.98 Å². The quantitative estimate of drug-likeness (QED) is 0.760. The summed E-state index contributed by atoms with van der Waals surface area (Å²) in [6.07, 6.45) is 0. The molecule has 3 rings (SSSR count). The van der Waals surface area contributed by atoms with Gasteiger partial charge in [-0.25, -0.2) is 9.78 Å². The van der Waals surface area contributed by atoms with Gasteiger partial charge in [0.2, 0.25) is 0 Å². The number of rotatable bonds is 4. The maximum Gasteiger partial charge on any atom is 0.325 e. The third kappa shape index (κ3) is 3.51. The molecule has 0 atom stereocenters. The number of amides is 2. The van der Waals surface area contributed by atoms with Crippen LogP contribution in [-0.2, 0) is 0 Å². The van der Waals surface area contributed by atoms with Gasteiger partial charge < -0.3 is 14.8 Å². The van der Waals surface area contributed by atoms with Gasteiger partial charge in [-0.2, -0.15) is 0 Å². The number of carbonyl (C=O) groups is 1. The lowest BCUT2D eigenvalue weighted by molar-refractivity contribution is 0.262. The highest BCUT2D eigenvalue weighted by molar-refractivity contribution is 7.22. The highest BCUT2D eigenvalue weighted by Gasteiger charge is 2.09. The lowest BCUT2D eigenvalue weighted by atomic mass is 10.3. The van der Waals surface area contributed by atoms with E-state index in [2.05, 4.69) is 15.6 Å². The number of methoxy groups -OCH3 is 2. The average Bonchev–Trinajstić information content (AvgIpc) is 2.95. The molecule has 3 aromatic rings. The minimum atomic E-state index is -0.357. The number of aromatic nitrogens is 1. The van der Waals surface area contributed by atoms with Crippen LogP contribution >= 0.6 is 11.3 Å². The average molecular weight is 329 g/mol. The van der Waals surface area contributed by atoms with Crippen LogP contribution in [0.5, 0.6) is 11.5 Å². The zero-order chi connectivity index (χ0) is 16.2. The number of carbonyl (C=O) groups excluding carboxylic acids is 1. The van der Waals surface area contributed by atoms with Gasteiger partial charge in [-0.15, -0.1) is 0 Å². The van der Waals surface area contributed by atoms with Crippen LogP contribution in [0.2, 0.25) is 0 Å². The summed E-state index contributed by atoms with van der Waals surface area (Å²) in [7, 11) is 3.19. The van der Waals surface area contributed by atoms with Crippen molar-refractivity contribution in [2.75, 3.05) is 24.9 Å². The molecule has 0 fully saturated rings. The van der Waals surface area contributed by atoms with Gasteiger partial charge >= 0.3 is 6.03 Å². The molecule has 0 saturated heterocycles. The Hall–Kier alpha value is -2.80. The first-order valence-electron chi connectivity index (χ1n) is 6.84. The first kappa shape index (κ1) is 15.1. The van der Waals surface area contributed by atoms with Crippen LogP contribution in [-0.4, -0.2) is 25.2 Å². The number of benzene rings is 2. The smallest absolute Gasteiger partial charge is 0.325 e. The van der Waals surface area contributed by atoms with E-state index in [1.54, 1.807) is 32.4 Å². The van der Waals surface area contributed by atoms with Crippen LogP contribution in [0.3, 0.4) is 0 Å². The fourth-order valence-electron chi connectivity index (χ4n) is 2.05. The van der Waals surface area contributed by atoms with Gasteiger partial charge in [0.05, 0.1) is 24.4 Å². The Morgan fingerprint density at radius 3 is 2.61 bits per heavy atom. The molecule has 2 aromatic carbocycles. The molecule has 0 aliphatic rings. The van der Waals surface area contributed by atoms with Gasteiger partial charge in [0, 0.05) is 11.8 Å². The highest BCUT2D eigenvalue weighted by Crippen LogP contribution is 2.29. The van der Waals surface area contributed by atoms with Gasteiger partial charge in [0.1, 0.15) is 11.5 Å². The number of thiazole rings is 1. The molecule has 0 radical (unpaired) electrons. The number of nitrogens with zero attached hydrogens (tertiary/aromatic N) is 1. The maximum atomic E-state index is 12.1. The Bertz CT molecular complexity index is 847. The molecule has 2 amide bonds. The first-order chi connectivity index (χ1) is 11.2. The first-order valence-corrected chi connectivity index (χ1v) is 7.66. The zero-order valence-corrected chi connectivity index (χ0v) is 13.4. The Labute approximate surface area is 137 Å². The van der Waals surface area contributed by atoms with Gasteiger partial charge in [-0.05, 0) is 30.3 Å². The Balaban J connectivity index is 1.72. The number of hydrogen-bond donors (Lipinski definition) is 2. The van der Waals surface area contributed by atoms with Crippen molar-refractivity contribution in [2.45, 2.75) is 0 Å². The predicted octanol–water partition coefficient (Wildman–Crippen LogP) is 3.96. The molecule has 0 spiro atoms. The number of nitrogens with one attached hydrogen (secondary N) is 2. The second kappa shape index (κ2) is 6.53. The van der Waals surface area contributed by atoms with E-state index in [4.69, 9.17) is 9.47 Å². The number of urea groups is 1. The van der Waals surface area contributed by atoms with Crippen LogP contribution in [0.4, 0.5) is 15.6 Å². The van der Waals surface area contributed by atoms with Gasteiger partial charge in [-0.3, -0.25) is 5.32 Å². The molecule has 0 aliphatic heterocycles. The molecule has 0 bridgehead atoms. The van der Waals surface area contributed by atoms with Crippen LogP contribution in [0.25, 0.3) is 10.2 Å². The maximum absolute atomic E-state index is 12.1. The van der Waals surface area contributed by atoms with Crippen molar-refractivity contribution in [3.63, 3.8) is 0 Å². The van der Waals surface area contributed by atoms with Crippen molar-refractivity contribution >= 4 is 38.4 Å². The minimum absolute atomic E-state index is 0.357. The van der Waals surface area contributed by atoms with E-state index >= 15 is 0 Å². The molecule has 23 heavy (non-hydrogen) atoms. The molecule has 6 nitrogen and oxygen atoms in total. The molecular formula is C16H15N3O3S. The largest absolute Gasteiger partial charge is 0.497 e. The fraction of sp³-hybridized carbons (Fsp3) is 0.125. The monoisotopic (exact) mass is 329 g/mol. The molecule has 1 heterocycles. The second-order valence-corrected chi connectivity index (χ2v) is 5.69. The lowest BCUT2D eigenvalue weighted by Gasteiger charge is -2.06. The fourth-order valence-corrected chi connectivity index (χ4v) is 2.94. The molecular weight excluding hydrogens is 314 g/mol. The van der Waals surface area contributed by atoms with Crippen molar-refractivity contribution in [2.24, 2.45) is 0 Å². The molecule has 0 aliphatic carbocycles. The topological polar surface area (TPSA) is 72.5 Å². The zero-order valence-electron chi connectivity index (χ0n) is 12.6. The van der Waals surface area contributed by atoms with E-state index in [9.17, 15) is 4.79 Å². The Kier molecular flexibility index (Phi) is 4.29. The highest BCUT2D eigenvalue weighted by atomic mass is 32.1. The van der Waals surface area contributed by atoms with Crippen LogP contribution < -0.4 is 20.1 Å².